The molecule has 0 aromatic carbocycles. The van der Waals surface area contributed by atoms with Crippen LogP contribution < -0.4 is 0 Å². The quantitative estimate of drug-likeness (QED) is 0.506. The van der Waals surface area contributed by atoms with Crippen LogP contribution >= 0.6 is 0 Å². The maximum atomic E-state index is 2.31. The van der Waals surface area contributed by atoms with Crippen LogP contribution in [0.25, 0.3) is 0 Å². The molecular weight excluding hydrogens is 108 g/mol. The van der Waals surface area contributed by atoms with Crippen molar-refractivity contribution in [3.8, 4) is 0 Å². The van der Waals surface area contributed by atoms with Crippen molar-refractivity contribution in [1.82, 2.24) is 0 Å². The third-order valence-electron chi connectivity index (χ3n) is 1.44. The molecule has 0 spiro atoms. The summed E-state index contributed by atoms with van der Waals surface area (Å²) in [6, 6.07) is 0. The topological polar surface area (TPSA) is 0 Å². The fourth-order valence-electron chi connectivity index (χ4n) is 0.920. The Balaban J connectivity index is 3.25. The second kappa shape index (κ2) is 5.87. The lowest BCUT2D eigenvalue weighted by molar-refractivity contribution is 0.632. The van der Waals surface area contributed by atoms with Crippen LogP contribution in [0.5, 0.6) is 0 Å². The molecule has 0 heterocycles. The van der Waals surface area contributed by atoms with E-state index in [0.717, 1.165) is 5.92 Å². The fraction of sp³-hybridized carbons (Fsp3) is 0.778. The summed E-state index contributed by atoms with van der Waals surface area (Å²) in [6.07, 6.45) is 8.36. The first-order valence-corrected chi connectivity index (χ1v) is 3.97. The third-order valence-corrected chi connectivity index (χ3v) is 1.44. The van der Waals surface area contributed by atoms with Crippen LogP contribution in [-0.4, -0.2) is 0 Å². The van der Waals surface area contributed by atoms with Gasteiger partial charge in [0.2, 0.25) is 0 Å². The molecule has 0 radical (unpaired) electrons. The molecule has 0 saturated carbocycles. The molecule has 0 saturated heterocycles. The van der Waals surface area contributed by atoms with E-state index in [1.54, 1.807) is 0 Å². The second-order valence-corrected chi connectivity index (χ2v) is 2.60. The van der Waals surface area contributed by atoms with Crippen LogP contribution in [0, 0.1) is 5.92 Å². The fourth-order valence-corrected chi connectivity index (χ4v) is 0.920. The highest BCUT2D eigenvalue weighted by molar-refractivity contribution is 4.84. The lowest BCUT2D eigenvalue weighted by atomic mass is 10.1. The number of rotatable bonds is 4. The van der Waals surface area contributed by atoms with Crippen molar-refractivity contribution < 1.29 is 0 Å². The van der Waals surface area contributed by atoms with Crippen LogP contribution in [0.15, 0.2) is 12.2 Å². The van der Waals surface area contributed by atoms with Crippen molar-refractivity contribution in [3.63, 3.8) is 0 Å². The van der Waals surface area contributed by atoms with Gasteiger partial charge >= 0.3 is 0 Å². The van der Waals surface area contributed by atoms with Gasteiger partial charge in [0.15, 0.2) is 0 Å². The molecular formula is C9H18. The average Bonchev–Trinajstić information content (AvgIpc) is 1.85. The Kier molecular flexibility index (Phi) is 5.70. The molecule has 0 nitrogen and oxygen atoms in total. The molecule has 0 aromatic rings. The summed E-state index contributed by atoms with van der Waals surface area (Å²) in [5.74, 6) is 0.787. The van der Waals surface area contributed by atoms with Gasteiger partial charge in [-0.2, -0.15) is 0 Å². The Morgan fingerprint density at radius 3 is 2.44 bits per heavy atom. The van der Waals surface area contributed by atoms with Crippen molar-refractivity contribution in [3.05, 3.63) is 12.2 Å². The Hall–Kier alpha value is -0.260. The maximum Gasteiger partial charge on any atom is -0.0262 e. The van der Waals surface area contributed by atoms with E-state index in [9.17, 15) is 0 Å². The Labute approximate surface area is 59.0 Å². The largest absolute Gasteiger partial charge is 0.0885 e. The van der Waals surface area contributed by atoms with Gasteiger partial charge in [0.25, 0.3) is 0 Å². The Morgan fingerprint density at radius 2 is 2.00 bits per heavy atom. The molecule has 1 atom stereocenters. The molecule has 0 aliphatic heterocycles. The predicted octanol–water partition coefficient (Wildman–Crippen LogP) is 3.39. The number of hydrogen-bond acceptors (Lipinski definition) is 0. The van der Waals surface area contributed by atoms with E-state index in [1.165, 1.54) is 19.3 Å². The van der Waals surface area contributed by atoms with Crippen LogP contribution in [0.2, 0.25) is 0 Å². The van der Waals surface area contributed by atoms with Crippen molar-refractivity contribution in [2.45, 2.75) is 40.0 Å². The normalized spacial score (nSPS) is 14.6. The zero-order valence-electron chi connectivity index (χ0n) is 6.85. The molecule has 0 aliphatic rings. The van der Waals surface area contributed by atoms with Gasteiger partial charge < -0.3 is 0 Å². The molecule has 0 bridgehead atoms. The Bertz CT molecular complexity index is 72.1. The molecule has 0 N–H and O–H groups in total. The number of hydrogen-bond donors (Lipinski definition) is 0. The summed E-state index contributed by atoms with van der Waals surface area (Å²) >= 11 is 0. The summed E-state index contributed by atoms with van der Waals surface area (Å²) in [7, 11) is 0. The minimum absolute atomic E-state index is 0.787. The van der Waals surface area contributed by atoms with Gasteiger partial charge in [0.1, 0.15) is 0 Å². The standard InChI is InChI=1S/C9H18/c1-4-6-8-9(3)7-5-2/h6,8-9H,4-5,7H2,1-3H3/b8-6+. The second-order valence-electron chi connectivity index (χ2n) is 2.60. The molecule has 1 unspecified atom stereocenters. The smallest absolute Gasteiger partial charge is 0.0262 e. The predicted molar refractivity (Wildman–Crippen MR) is 43.5 cm³/mol. The van der Waals surface area contributed by atoms with Gasteiger partial charge in [-0.05, 0) is 18.8 Å². The summed E-state index contributed by atoms with van der Waals surface area (Å²) in [5.41, 5.74) is 0. The molecule has 0 rings (SSSR count). The average molecular weight is 126 g/mol. The number of allylic oxidation sites excluding steroid dienone is 2. The van der Waals surface area contributed by atoms with E-state index in [2.05, 4.69) is 32.9 Å². The van der Waals surface area contributed by atoms with Gasteiger partial charge in [0.05, 0.1) is 0 Å². The minimum Gasteiger partial charge on any atom is -0.0885 e. The highest BCUT2D eigenvalue weighted by Crippen LogP contribution is 2.05. The molecule has 0 fully saturated rings. The summed E-state index contributed by atoms with van der Waals surface area (Å²) in [5, 5.41) is 0. The van der Waals surface area contributed by atoms with Crippen molar-refractivity contribution in [2.24, 2.45) is 5.92 Å². The SMILES string of the molecule is CC/C=C/C(C)CCC. The van der Waals surface area contributed by atoms with Crippen molar-refractivity contribution in [2.75, 3.05) is 0 Å². The van der Waals surface area contributed by atoms with E-state index in [-0.39, 0.29) is 0 Å². The molecule has 0 heteroatoms. The lowest BCUT2D eigenvalue weighted by Gasteiger charge is -2.00. The van der Waals surface area contributed by atoms with Crippen molar-refractivity contribution in [1.29, 1.82) is 0 Å². The van der Waals surface area contributed by atoms with Crippen LogP contribution in [0.1, 0.15) is 40.0 Å². The van der Waals surface area contributed by atoms with Gasteiger partial charge in [-0.1, -0.05) is 39.3 Å². The first-order valence-electron chi connectivity index (χ1n) is 3.97. The van der Waals surface area contributed by atoms with Gasteiger partial charge in [-0.15, -0.1) is 0 Å². The summed E-state index contributed by atoms with van der Waals surface area (Å²) in [4.78, 5) is 0. The van der Waals surface area contributed by atoms with Gasteiger partial charge in [0, 0.05) is 0 Å². The zero-order valence-corrected chi connectivity index (χ0v) is 6.85. The molecule has 54 valence electrons. The lowest BCUT2D eigenvalue weighted by Crippen LogP contribution is -1.86. The van der Waals surface area contributed by atoms with E-state index < -0.39 is 0 Å². The molecule has 0 aromatic heterocycles. The zero-order chi connectivity index (χ0) is 7.11. The summed E-state index contributed by atoms with van der Waals surface area (Å²) in [6.45, 7) is 6.68. The third kappa shape index (κ3) is 5.61. The van der Waals surface area contributed by atoms with E-state index in [1.807, 2.05) is 0 Å². The van der Waals surface area contributed by atoms with Crippen LogP contribution in [0.4, 0.5) is 0 Å². The van der Waals surface area contributed by atoms with E-state index >= 15 is 0 Å². The Morgan fingerprint density at radius 1 is 1.33 bits per heavy atom. The van der Waals surface area contributed by atoms with Gasteiger partial charge in [-0.25, -0.2) is 0 Å². The highest BCUT2D eigenvalue weighted by Gasteiger charge is 1.91. The van der Waals surface area contributed by atoms with Gasteiger partial charge in [-0.3, -0.25) is 0 Å². The first-order chi connectivity index (χ1) is 4.31. The van der Waals surface area contributed by atoms with Crippen LogP contribution in [0.3, 0.4) is 0 Å². The minimum atomic E-state index is 0.787. The van der Waals surface area contributed by atoms with E-state index in [0.29, 0.717) is 0 Å². The maximum absolute atomic E-state index is 2.31. The molecule has 9 heavy (non-hydrogen) atoms. The monoisotopic (exact) mass is 126 g/mol. The first kappa shape index (κ1) is 8.74. The molecule has 0 amide bonds. The summed E-state index contributed by atoms with van der Waals surface area (Å²) < 4.78 is 0. The van der Waals surface area contributed by atoms with Crippen LogP contribution in [-0.2, 0) is 0 Å². The van der Waals surface area contributed by atoms with E-state index in [4.69, 9.17) is 0 Å². The molecule has 0 aliphatic carbocycles. The van der Waals surface area contributed by atoms with Crippen molar-refractivity contribution >= 4 is 0 Å². The highest BCUT2D eigenvalue weighted by atomic mass is 14.0.